The molecule has 1 saturated carbocycles. The molecule has 2 aliphatic heterocycles. The number of aromatic nitrogens is 1. The third-order valence-electron chi connectivity index (χ3n) is 7.65. The highest BCUT2D eigenvalue weighted by atomic mass is 19.1. The maximum Gasteiger partial charge on any atom is 0.494 e. The number of carbonyl (C=O) groups is 1. The summed E-state index contributed by atoms with van der Waals surface area (Å²) >= 11 is 0. The number of halogens is 1. The van der Waals surface area contributed by atoms with E-state index in [1.807, 2.05) is 49.5 Å². The fourth-order valence-corrected chi connectivity index (χ4v) is 4.74. The van der Waals surface area contributed by atoms with E-state index >= 15 is 4.39 Å². The Morgan fingerprint density at radius 2 is 1.84 bits per heavy atom. The zero-order valence-electron chi connectivity index (χ0n) is 19.7. The Balaban J connectivity index is 1.51. The molecule has 1 aromatic heterocycles. The van der Waals surface area contributed by atoms with Crippen LogP contribution in [-0.4, -0.2) is 49.8 Å². The molecule has 32 heavy (non-hydrogen) atoms. The molecule has 1 amide bonds. The predicted octanol–water partition coefficient (Wildman–Crippen LogP) is 1.43. The van der Waals surface area contributed by atoms with Crippen LogP contribution in [0.15, 0.2) is 30.5 Å². The van der Waals surface area contributed by atoms with Crippen LogP contribution in [0.25, 0.3) is 0 Å². The van der Waals surface area contributed by atoms with E-state index < -0.39 is 23.7 Å². The van der Waals surface area contributed by atoms with Gasteiger partial charge in [-0.2, -0.15) is 0 Å². The average molecular weight is 432 g/mol. The van der Waals surface area contributed by atoms with E-state index in [0.717, 1.165) is 24.1 Å². The first-order chi connectivity index (χ1) is 14.9. The van der Waals surface area contributed by atoms with Gasteiger partial charge in [0.2, 0.25) is 0 Å². The van der Waals surface area contributed by atoms with E-state index in [0.29, 0.717) is 22.5 Å². The van der Waals surface area contributed by atoms with Crippen molar-refractivity contribution in [2.45, 2.75) is 69.5 Å². The van der Waals surface area contributed by atoms with Gasteiger partial charge >= 0.3 is 7.12 Å². The van der Waals surface area contributed by atoms with Crippen LogP contribution in [0.1, 0.15) is 73.6 Å². The van der Waals surface area contributed by atoms with Gasteiger partial charge in [0.05, 0.1) is 22.5 Å². The molecule has 0 atom stereocenters. The third kappa shape index (κ3) is 3.24. The molecule has 1 aliphatic carbocycles. The summed E-state index contributed by atoms with van der Waals surface area (Å²) < 4.78 is 28.0. The topological polar surface area (TPSA) is 51.7 Å². The second kappa shape index (κ2) is 6.94. The molecule has 164 valence electrons. The summed E-state index contributed by atoms with van der Waals surface area (Å²) in [5, 5.41) is -0.606. The van der Waals surface area contributed by atoms with Crippen molar-refractivity contribution in [1.82, 2.24) is 9.88 Å². The van der Waals surface area contributed by atoms with Crippen LogP contribution < -0.4 is 5.46 Å². The van der Waals surface area contributed by atoms with Crippen LogP contribution in [0.3, 0.4) is 0 Å². The lowest BCUT2D eigenvalue weighted by Crippen LogP contribution is -2.45. The summed E-state index contributed by atoms with van der Waals surface area (Å²) in [7, 11) is 3.33. The fourth-order valence-electron chi connectivity index (χ4n) is 4.74. The molecule has 0 bridgehead atoms. The van der Waals surface area contributed by atoms with Crippen LogP contribution in [0.2, 0.25) is 0 Å². The van der Waals surface area contributed by atoms with E-state index in [-0.39, 0.29) is 18.3 Å². The summed E-state index contributed by atoms with van der Waals surface area (Å²) in [5.41, 5.74) is 2.61. The van der Waals surface area contributed by atoms with Gasteiger partial charge in [0.1, 0.15) is 21.5 Å². The molecule has 2 aromatic rings. The molecule has 5 rings (SSSR count). The number of benzene rings is 1. The van der Waals surface area contributed by atoms with Gasteiger partial charge in [-0.15, -0.1) is 0 Å². The van der Waals surface area contributed by atoms with Crippen molar-refractivity contribution in [3.8, 4) is 0 Å². The highest BCUT2D eigenvalue weighted by Crippen LogP contribution is 2.44. The standard InChI is InChI=1S/C23H28B3FN2O3/c1-21(2)22(3,4)32-26(31-21)14-10-16(13-7-8-13)17(18(27)11-14)12-29-20(30)15-6-5-9-28-19(15)23(29,24)25/h5-6,9-11,13H,7-8,12,24-25H2,1-4H3. The molecule has 0 spiro atoms. The van der Waals surface area contributed by atoms with Crippen molar-refractivity contribution in [1.29, 1.82) is 0 Å². The zero-order valence-corrected chi connectivity index (χ0v) is 19.7. The lowest BCUT2D eigenvalue weighted by atomic mass is 9.59. The van der Waals surface area contributed by atoms with Gasteiger partial charge in [0.25, 0.3) is 5.91 Å². The SMILES string of the molecule is BC1(B)c2ncccc2C(=O)N1Cc1c(F)cc(B2OC(C)(C)C(C)(C)O2)cc1C1CC1. The molecule has 1 saturated heterocycles. The summed E-state index contributed by atoms with van der Waals surface area (Å²) in [6.45, 7) is 8.18. The molecule has 0 unspecified atom stereocenters. The molecule has 0 N–H and O–H groups in total. The van der Waals surface area contributed by atoms with Crippen LogP contribution >= 0.6 is 0 Å². The lowest BCUT2D eigenvalue weighted by molar-refractivity contribution is 0.00578. The second-order valence-corrected chi connectivity index (χ2v) is 10.8. The average Bonchev–Trinajstić information content (AvgIpc) is 3.49. The van der Waals surface area contributed by atoms with Crippen molar-refractivity contribution in [3.05, 3.63) is 58.7 Å². The van der Waals surface area contributed by atoms with E-state index in [1.54, 1.807) is 23.2 Å². The maximum atomic E-state index is 15.6. The Hall–Kier alpha value is -2.12. The largest absolute Gasteiger partial charge is 0.494 e. The Morgan fingerprint density at radius 1 is 1.19 bits per heavy atom. The van der Waals surface area contributed by atoms with Crippen LogP contribution in [0, 0.1) is 5.82 Å². The van der Waals surface area contributed by atoms with Crippen LogP contribution in [-0.2, 0) is 21.2 Å². The first-order valence-electron chi connectivity index (χ1n) is 11.4. The quantitative estimate of drug-likeness (QED) is 0.687. The van der Waals surface area contributed by atoms with Gasteiger partial charge in [-0.3, -0.25) is 9.78 Å². The molecule has 2 fully saturated rings. The molecule has 1 aromatic carbocycles. The molecule has 9 heteroatoms. The third-order valence-corrected chi connectivity index (χ3v) is 7.65. The second-order valence-electron chi connectivity index (χ2n) is 10.8. The molecular weight excluding hydrogens is 404 g/mol. The molecule has 5 nitrogen and oxygen atoms in total. The zero-order chi connectivity index (χ0) is 23.1. The highest BCUT2D eigenvalue weighted by molar-refractivity contribution is 6.62. The number of pyridine rings is 1. The number of hydrogen-bond donors (Lipinski definition) is 0. The smallest absolute Gasteiger partial charge is 0.399 e. The molecular formula is C23H28B3FN2O3. The summed E-state index contributed by atoms with van der Waals surface area (Å²) in [6.07, 6.45) is 3.75. The van der Waals surface area contributed by atoms with Crippen molar-refractivity contribution < 1.29 is 18.5 Å². The van der Waals surface area contributed by atoms with Crippen molar-refractivity contribution in [3.63, 3.8) is 0 Å². The monoisotopic (exact) mass is 432 g/mol. The lowest BCUT2D eigenvalue weighted by Gasteiger charge is -2.33. The van der Waals surface area contributed by atoms with Crippen molar-refractivity contribution in [2.75, 3.05) is 0 Å². The number of fused-ring (bicyclic) bond motifs is 1. The van der Waals surface area contributed by atoms with Gasteiger partial charge in [-0.25, -0.2) is 4.39 Å². The van der Waals surface area contributed by atoms with E-state index in [4.69, 9.17) is 9.31 Å². The number of nitrogens with zero attached hydrogens (tertiary/aromatic N) is 2. The van der Waals surface area contributed by atoms with Gasteiger partial charge < -0.3 is 14.2 Å². The summed E-state index contributed by atoms with van der Waals surface area (Å²) in [5.74, 6) is -0.107. The number of rotatable bonds is 4. The van der Waals surface area contributed by atoms with E-state index in [9.17, 15) is 4.79 Å². The first kappa shape index (κ1) is 21.7. The Morgan fingerprint density at radius 3 is 2.44 bits per heavy atom. The minimum absolute atomic E-state index is 0.103. The Labute approximate surface area is 191 Å². The van der Waals surface area contributed by atoms with Crippen molar-refractivity contribution >= 4 is 34.2 Å². The Bertz CT molecular complexity index is 1100. The number of carbonyl (C=O) groups excluding carboxylic acids is 1. The molecule has 0 radical (unpaired) electrons. The van der Waals surface area contributed by atoms with Gasteiger partial charge in [0.15, 0.2) is 0 Å². The van der Waals surface area contributed by atoms with Crippen LogP contribution in [0.4, 0.5) is 4.39 Å². The van der Waals surface area contributed by atoms with Gasteiger partial charge in [0, 0.05) is 23.6 Å². The highest BCUT2D eigenvalue weighted by Gasteiger charge is 2.52. The van der Waals surface area contributed by atoms with E-state index in [2.05, 4.69) is 4.98 Å². The van der Waals surface area contributed by atoms with Gasteiger partial charge in [-0.05, 0) is 75.7 Å². The van der Waals surface area contributed by atoms with Crippen LogP contribution in [0.5, 0.6) is 0 Å². The van der Waals surface area contributed by atoms with Crippen molar-refractivity contribution in [2.24, 2.45) is 0 Å². The summed E-state index contributed by atoms with van der Waals surface area (Å²) in [6, 6.07) is 7.11. The van der Waals surface area contributed by atoms with E-state index in [1.165, 1.54) is 6.07 Å². The summed E-state index contributed by atoms with van der Waals surface area (Å²) in [4.78, 5) is 19.4. The normalized spacial score (nSPS) is 23.0. The Kier molecular flexibility index (Phi) is 4.71. The minimum atomic E-state index is -0.612. The minimum Gasteiger partial charge on any atom is -0.399 e. The number of amides is 1. The number of hydrogen-bond acceptors (Lipinski definition) is 4. The molecule has 3 aliphatic rings. The predicted molar refractivity (Wildman–Crippen MR) is 127 cm³/mol. The van der Waals surface area contributed by atoms with Gasteiger partial charge in [-0.1, -0.05) is 6.07 Å². The maximum absolute atomic E-state index is 15.6. The molecule has 3 heterocycles. The fraction of sp³-hybridized carbons (Fsp3) is 0.478. The first-order valence-corrected chi connectivity index (χ1v) is 11.4.